The summed E-state index contributed by atoms with van der Waals surface area (Å²) in [6, 6.07) is 10.1. The largest absolute Gasteiger partial charge is 0.344 e. The molecule has 1 aromatic rings. The lowest BCUT2D eigenvalue weighted by molar-refractivity contribution is -0.129. The molecule has 3 nitrogen and oxygen atoms in total. The predicted octanol–water partition coefficient (Wildman–Crippen LogP) is 3.34. The average Bonchev–Trinajstić information content (AvgIpc) is 2.45. The van der Waals surface area contributed by atoms with E-state index in [1.165, 1.54) is 0 Å². The molecule has 120 valence electrons. The normalized spacial score (nSPS) is 13.4. The Kier molecular flexibility index (Phi) is 9.75. The maximum Gasteiger partial charge on any atom is 0.239 e. The number of nitrogens with zero attached hydrogens (tertiary/aromatic N) is 1. The average molecular weight is 331 g/mol. The first kappa shape index (κ1) is 20.3. The van der Waals surface area contributed by atoms with Crippen molar-refractivity contribution in [2.45, 2.75) is 31.6 Å². The van der Waals surface area contributed by atoms with Gasteiger partial charge >= 0.3 is 0 Å². The quantitative estimate of drug-likeness (QED) is 0.834. The van der Waals surface area contributed by atoms with E-state index >= 15 is 0 Å². The lowest BCUT2D eigenvalue weighted by Crippen LogP contribution is -2.36. The minimum Gasteiger partial charge on any atom is -0.344 e. The lowest BCUT2D eigenvalue weighted by Gasteiger charge is -2.25. The molecule has 0 bridgehead atoms. The fraction of sp³-hybridized carbons (Fsp3) is 0.562. The Labute approximate surface area is 139 Å². The summed E-state index contributed by atoms with van der Waals surface area (Å²) in [6.45, 7) is 4.93. The van der Waals surface area contributed by atoms with Gasteiger partial charge in [0.1, 0.15) is 5.25 Å². The third-order valence-electron chi connectivity index (χ3n) is 3.59. The summed E-state index contributed by atoms with van der Waals surface area (Å²) in [7, 11) is 1.86. The van der Waals surface area contributed by atoms with Gasteiger partial charge in [0.25, 0.3) is 0 Å². The third kappa shape index (κ3) is 6.29. The van der Waals surface area contributed by atoms with Crippen LogP contribution in [0.2, 0.25) is 0 Å². The molecule has 0 fully saturated rings. The summed E-state index contributed by atoms with van der Waals surface area (Å²) in [5, 5.41) is -0.128. The van der Waals surface area contributed by atoms with E-state index in [1.807, 2.05) is 43.6 Å². The molecule has 2 N–H and O–H groups in total. The highest BCUT2D eigenvalue weighted by atomic mass is 35.5. The van der Waals surface area contributed by atoms with Gasteiger partial charge in [0.2, 0.25) is 5.91 Å². The Hall–Kier alpha value is -0.710. The molecule has 0 aliphatic carbocycles. The number of likely N-dealkylation sites (N-methyl/N-ethyl adjacent to an activating group) is 1. The van der Waals surface area contributed by atoms with Crippen LogP contribution in [0.1, 0.15) is 31.1 Å². The molecule has 0 saturated carbocycles. The molecule has 1 amide bonds. The van der Waals surface area contributed by atoms with Crippen molar-refractivity contribution >= 4 is 30.1 Å². The van der Waals surface area contributed by atoms with Crippen molar-refractivity contribution in [3.8, 4) is 0 Å². The SMILES string of the molecule is CSC(C(=O)N(C)CCC(N)C(C)C)c1ccccc1.Cl. The fourth-order valence-electron chi connectivity index (χ4n) is 1.99. The van der Waals surface area contributed by atoms with Gasteiger partial charge in [-0.05, 0) is 24.2 Å². The number of carbonyl (C=O) groups excluding carboxylic acids is 1. The first-order chi connectivity index (χ1) is 9.47. The van der Waals surface area contributed by atoms with Crippen molar-refractivity contribution in [2.75, 3.05) is 19.8 Å². The van der Waals surface area contributed by atoms with Crippen LogP contribution in [0.3, 0.4) is 0 Å². The number of carbonyl (C=O) groups is 1. The molecular weight excluding hydrogens is 304 g/mol. The highest BCUT2D eigenvalue weighted by Gasteiger charge is 2.23. The molecule has 2 unspecified atom stereocenters. The Morgan fingerprint density at radius 1 is 1.29 bits per heavy atom. The molecule has 0 saturated heterocycles. The van der Waals surface area contributed by atoms with Crippen LogP contribution in [-0.4, -0.2) is 36.7 Å². The van der Waals surface area contributed by atoms with E-state index in [1.54, 1.807) is 16.7 Å². The third-order valence-corrected chi connectivity index (χ3v) is 4.54. The number of hydrogen-bond acceptors (Lipinski definition) is 3. The zero-order valence-electron chi connectivity index (χ0n) is 13.3. The minimum absolute atomic E-state index is 0. The maximum atomic E-state index is 12.5. The molecule has 0 aromatic heterocycles. The number of thioether (sulfide) groups is 1. The van der Waals surface area contributed by atoms with E-state index in [2.05, 4.69) is 13.8 Å². The Morgan fingerprint density at radius 3 is 2.33 bits per heavy atom. The smallest absolute Gasteiger partial charge is 0.239 e. The van der Waals surface area contributed by atoms with Gasteiger partial charge in [-0.25, -0.2) is 0 Å². The standard InChI is InChI=1S/C16H26N2OS.ClH/c1-12(2)14(17)10-11-18(3)16(19)15(20-4)13-8-6-5-7-9-13;/h5-9,12,14-15H,10-11,17H2,1-4H3;1H. The number of benzene rings is 1. The second-order valence-electron chi connectivity index (χ2n) is 5.48. The van der Waals surface area contributed by atoms with E-state index in [-0.39, 0.29) is 29.6 Å². The Balaban J connectivity index is 0.00000400. The first-order valence-electron chi connectivity index (χ1n) is 7.05. The zero-order chi connectivity index (χ0) is 15.1. The van der Waals surface area contributed by atoms with Crippen molar-refractivity contribution in [2.24, 2.45) is 11.7 Å². The highest BCUT2D eigenvalue weighted by molar-refractivity contribution is 7.99. The van der Waals surface area contributed by atoms with Crippen molar-refractivity contribution < 1.29 is 4.79 Å². The van der Waals surface area contributed by atoms with E-state index in [0.717, 1.165) is 12.0 Å². The molecule has 0 spiro atoms. The summed E-state index contributed by atoms with van der Waals surface area (Å²) in [6.07, 6.45) is 2.82. The molecule has 1 aromatic carbocycles. The van der Waals surface area contributed by atoms with Gasteiger partial charge in [0.15, 0.2) is 0 Å². The topological polar surface area (TPSA) is 46.3 Å². The summed E-state index contributed by atoms with van der Waals surface area (Å²) >= 11 is 1.58. The van der Waals surface area contributed by atoms with Crippen LogP contribution >= 0.6 is 24.2 Å². The molecule has 0 aliphatic heterocycles. The van der Waals surface area contributed by atoms with Gasteiger partial charge < -0.3 is 10.6 Å². The predicted molar refractivity (Wildman–Crippen MR) is 95.0 cm³/mol. The number of hydrogen-bond donors (Lipinski definition) is 1. The number of rotatable bonds is 7. The van der Waals surface area contributed by atoms with Crippen molar-refractivity contribution in [3.05, 3.63) is 35.9 Å². The van der Waals surface area contributed by atoms with Crippen LogP contribution < -0.4 is 5.73 Å². The van der Waals surface area contributed by atoms with Crippen molar-refractivity contribution in [3.63, 3.8) is 0 Å². The van der Waals surface area contributed by atoms with Gasteiger partial charge in [0.05, 0.1) is 0 Å². The second kappa shape index (κ2) is 10.1. The minimum atomic E-state index is -0.128. The Bertz CT molecular complexity index is 414. The first-order valence-corrected chi connectivity index (χ1v) is 8.34. The number of nitrogens with two attached hydrogens (primary N) is 1. The van der Waals surface area contributed by atoms with Gasteiger partial charge in [-0.2, -0.15) is 0 Å². The van der Waals surface area contributed by atoms with Crippen LogP contribution in [0.25, 0.3) is 0 Å². The van der Waals surface area contributed by atoms with E-state index in [0.29, 0.717) is 12.5 Å². The van der Waals surface area contributed by atoms with Gasteiger partial charge in [-0.15, -0.1) is 24.2 Å². The van der Waals surface area contributed by atoms with Crippen LogP contribution in [0.5, 0.6) is 0 Å². The highest BCUT2D eigenvalue weighted by Crippen LogP contribution is 2.28. The molecule has 0 aliphatic rings. The molecule has 5 heteroatoms. The van der Waals surface area contributed by atoms with Crippen LogP contribution in [0, 0.1) is 5.92 Å². The molecule has 1 rings (SSSR count). The summed E-state index contributed by atoms with van der Waals surface area (Å²) in [5.41, 5.74) is 7.10. The monoisotopic (exact) mass is 330 g/mol. The zero-order valence-corrected chi connectivity index (χ0v) is 14.9. The number of amides is 1. The number of halogens is 1. The van der Waals surface area contributed by atoms with Crippen LogP contribution in [0.15, 0.2) is 30.3 Å². The maximum absolute atomic E-state index is 12.5. The van der Waals surface area contributed by atoms with E-state index in [4.69, 9.17) is 5.73 Å². The van der Waals surface area contributed by atoms with Crippen molar-refractivity contribution in [1.29, 1.82) is 0 Å². The summed E-state index contributed by atoms with van der Waals surface area (Å²) in [4.78, 5) is 14.3. The summed E-state index contributed by atoms with van der Waals surface area (Å²) in [5.74, 6) is 0.601. The second-order valence-corrected chi connectivity index (χ2v) is 6.43. The van der Waals surface area contributed by atoms with Crippen molar-refractivity contribution in [1.82, 2.24) is 4.90 Å². The van der Waals surface area contributed by atoms with E-state index < -0.39 is 0 Å². The van der Waals surface area contributed by atoms with Gasteiger partial charge in [0, 0.05) is 19.6 Å². The lowest BCUT2D eigenvalue weighted by atomic mass is 10.0. The summed E-state index contributed by atoms with van der Waals surface area (Å²) < 4.78 is 0. The van der Waals surface area contributed by atoms with E-state index in [9.17, 15) is 4.79 Å². The molecule has 0 heterocycles. The van der Waals surface area contributed by atoms with Crippen LogP contribution in [-0.2, 0) is 4.79 Å². The molecular formula is C16H27ClN2OS. The fourth-order valence-corrected chi connectivity index (χ4v) is 2.80. The van der Waals surface area contributed by atoms with Gasteiger partial charge in [-0.1, -0.05) is 44.2 Å². The molecule has 0 radical (unpaired) electrons. The molecule has 2 atom stereocenters. The molecule has 21 heavy (non-hydrogen) atoms. The Morgan fingerprint density at radius 2 is 1.86 bits per heavy atom. The van der Waals surface area contributed by atoms with Gasteiger partial charge in [-0.3, -0.25) is 4.79 Å². The van der Waals surface area contributed by atoms with Crippen LogP contribution in [0.4, 0.5) is 0 Å².